The van der Waals surface area contributed by atoms with Gasteiger partial charge in [-0.3, -0.25) is 10.1 Å². The molecule has 0 bridgehead atoms. The first-order valence-electron chi connectivity index (χ1n) is 6.51. The molecular formula is C14H20N2O4S. The Bertz CT molecular complexity index is 638. The van der Waals surface area contributed by atoms with Gasteiger partial charge in [-0.15, -0.1) is 0 Å². The van der Waals surface area contributed by atoms with Crippen molar-refractivity contribution in [2.75, 3.05) is 12.8 Å². The van der Waals surface area contributed by atoms with E-state index in [4.69, 9.17) is 0 Å². The molecule has 0 saturated heterocycles. The van der Waals surface area contributed by atoms with Crippen LogP contribution in [0.2, 0.25) is 0 Å². The van der Waals surface area contributed by atoms with E-state index in [1.54, 1.807) is 0 Å². The van der Waals surface area contributed by atoms with Gasteiger partial charge in [0.1, 0.15) is 0 Å². The molecule has 1 aromatic carbocycles. The fourth-order valence-corrected chi connectivity index (χ4v) is 3.19. The van der Waals surface area contributed by atoms with Crippen molar-refractivity contribution < 1.29 is 18.0 Å². The Morgan fingerprint density at radius 3 is 2.48 bits per heavy atom. The molecule has 0 aromatic heterocycles. The van der Waals surface area contributed by atoms with Gasteiger partial charge in [0.15, 0.2) is 9.84 Å². The number of nitrogens with one attached hydrogen (secondary N) is 2. The van der Waals surface area contributed by atoms with Crippen LogP contribution in [0.3, 0.4) is 0 Å². The maximum atomic E-state index is 12.0. The molecule has 6 nitrogen and oxygen atoms in total. The molecule has 0 fully saturated rings. The van der Waals surface area contributed by atoms with Crippen LogP contribution in [-0.2, 0) is 20.4 Å². The van der Waals surface area contributed by atoms with Gasteiger partial charge >= 0.3 is 6.03 Å². The first-order chi connectivity index (χ1) is 9.73. The van der Waals surface area contributed by atoms with Crippen LogP contribution < -0.4 is 10.6 Å². The summed E-state index contributed by atoms with van der Waals surface area (Å²) in [6.07, 6.45) is -0.235. The Balaban J connectivity index is 2.64. The van der Waals surface area contributed by atoms with Gasteiger partial charge in [-0.2, -0.15) is 0 Å². The molecular weight excluding hydrogens is 292 g/mol. The van der Waals surface area contributed by atoms with Gasteiger partial charge in [-0.05, 0) is 25.0 Å². The maximum absolute atomic E-state index is 12.0. The predicted molar refractivity (Wildman–Crippen MR) is 80.6 cm³/mol. The summed E-state index contributed by atoms with van der Waals surface area (Å²) in [5.41, 5.74) is 2.63. The van der Waals surface area contributed by atoms with Gasteiger partial charge < -0.3 is 5.32 Å². The lowest BCUT2D eigenvalue weighted by Crippen LogP contribution is -2.38. The number of carbonyl (C=O) groups is 2. The Labute approximate surface area is 124 Å². The minimum atomic E-state index is -3.40. The fourth-order valence-electron chi connectivity index (χ4n) is 1.76. The predicted octanol–water partition coefficient (Wildman–Crippen LogP) is 1.06. The number of rotatable bonds is 5. The van der Waals surface area contributed by atoms with Crippen molar-refractivity contribution in [3.05, 3.63) is 34.9 Å². The number of amides is 3. The molecule has 0 aliphatic rings. The average Bonchev–Trinajstić information content (AvgIpc) is 2.40. The molecule has 7 heteroatoms. The van der Waals surface area contributed by atoms with Gasteiger partial charge in [-0.25, -0.2) is 13.2 Å². The molecule has 0 atom stereocenters. The van der Waals surface area contributed by atoms with Gasteiger partial charge in [0.05, 0.1) is 11.5 Å². The first kappa shape index (κ1) is 17.2. The lowest BCUT2D eigenvalue weighted by atomic mass is 10.1. The van der Waals surface area contributed by atoms with Crippen LogP contribution in [0.25, 0.3) is 0 Å². The Morgan fingerprint density at radius 2 is 1.86 bits per heavy atom. The molecule has 2 N–H and O–H groups in total. The summed E-state index contributed by atoms with van der Waals surface area (Å²) in [4.78, 5) is 22.3. The van der Waals surface area contributed by atoms with Crippen LogP contribution in [0.15, 0.2) is 18.2 Å². The number of hydrogen-bond donors (Lipinski definition) is 2. The second-order valence-corrected chi connectivity index (χ2v) is 7.08. The van der Waals surface area contributed by atoms with Crippen molar-refractivity contribution in [2.24, 2.45) is 0 Å². The molecule has 0 heterocycles. The summed E-state index contributed by atoms with van der Waals surface area (Å²) in [6, 6.07) is 4.98. The summed E-state index contributed by atoms with van der Waals surface area (Å²) >= 11 is 0. The summed E-state index contributed by atoms with van der Waals surface area (Å²) < 4.78 is 24.1. The molecule has 116 valence electrons. The van der Waals surface area contributed by atoms with Gasteiger partial charge in [0.2, 0.25) is 5.91 Å². The van der Waals surface area contributed by atoms with Crippen molar-refractivity contribution in [2.45, 2.75) is 26.0 Å². The molecule has 1 rings (SSSR count). The molecule has 21 heavy (non-hydrogen) atoms. The highest BCUT2D eigenvalue weighted by Crippen LogP contribution is 2.14. The summed E-state index contributed by atoms with van der Waals surface area (Å²) in [6.45, 7) is 3.74. The van der Waals surface area contributed by atoms with Gasteiger partial charge in [-0.1, -0.05) is 23.8 Å². The second kappa shape index (κ2) is 7.21. The van der Waals surface area contributed by atoms with E-state index in [1.807, 2.05) is 37.4 Å². The fraction of sp³-hybridized carbons (Fsp3) is 0.429. The topological polar surface area (TPSA) is 92.3 Å². The Hall–Kier alpha value is -1.89. The lowest BCUT2D eigenvalue weighted by Gasteiger charge is -2.08. The van der Waals surface area contributed by atoms with Crippen molar-refractivity contribution in [3.63, 3.8) is 0 Å². The van der Waals surface area contributed by atoms with Crippen molar-refractivity contribution in [3.8, 4) is 0 Å². The SMILES string of the molecule is CNC(=O)NC(=O)CCS(=O)(=O)Cc1cc(C)ccc1C. The van der Waals surface area contributed by atoms with Crippen LogP contribution in [0, 0.1) is 13.8 Å². The zero-order chi connectivity index (χ0) is 16.0. The first-order valence-corrected chi connectivity index (χ1v) is 8.34. The average molecular weight is 312 g/mol. The van der Waals surface area contributed by atoms with Crippen LogP contribution in [0.5, 0.6) is 0 Å². The van der Waals surface area contributed by atoms with E-state index in [1.165, 1.54) is 7.05 Å². The minimum Gasteiger partial charge on any atom is -0.341 e. The molecule has 0 aliphatic heterocycles. The zero-order valence-electron chi connectivity index (χ0n) is 12.4. The number of imide groups is 1. The minimum absolute atomic E-state index is 0.103. The number of aryl methyl sites for hydroxylation is 2. The van der Waals surface area contributed by atoms with E-state index in [2.05, 4.69) is 5.32 Å². The van der Waals surface area contributed by atoms with E-state index < -0.39 is 21.8 Å². The number of sulfone groups is 1. The summed E-state index contributed by atoms with van der Waals surface area (Å²) in [5.74, 6) is -1.00. The quantitative estimate of drug-likeness (QED) is 0.850. The highest BCUT2D eigenvalue weighted by atomic mass is 32.2. The zero-order valence-corrected chi connectivity index (χ0v) is 13.2. The highest BCUT2D eigenvalue weighted by Gasteiger charge is 2.16. The molecule has 0 aliphatic carbocycles. The largest absolute Gasteiger partial charge is 0.341 e. The van der Waals surface area contributed by atoms with E-state index in [0.29, 0.717) is 0 Å². The maximum Gasteiger partial charge on any atom is 0.321 e. The third-order valence-corrected chi connectivity index (χ3v) is 4.58. The third kappa shape index (κ3) is 5.95. The van der Waals surface area contributed by atoms with Crippen LogP contribution >= 0.6 is 0 Å². The van der Waals surface area contributed by atoms with Crippen LogP contribution in [0.4, 0.5) is 4.79 Å². The third-order valence-electron chi connectivity index (χ3n) is 3.00. The lowest BCUT2D eigenvalue weighted by molar-refractivity contribution is -0.119. The number of urea groups is 1. The number of hydrogen-bond acceptors (Lipinski definition) is 4. The Morgan fingerprint density at radius 1 is 1.19 bits per heavy atom. The normalized spacial score (nSPS) is 11.0. The van der Waals surface area contributed by atoms with Crippen LogP contribution in [0.1, 0.15) is 23.1 Å². The molecule has 0 spiro atoms. The van der Waals surface area contributed by atoms with E-state index in [0.717, 1.165) is 16.7 Å². The molecule has 3 amide bonds. The standard InChI is InChI=1S/C14H20N2O4S/c1-10-4-5-11(2)12(8-10)9-21(19,20)7-6-13(17)16-14(18)15-3/h4-5,8H,6-7,9H2,1-3H3,(H2,15,16,17,18). The summed E-state index contributed by atoms with van der Waals surface area (Å²) in [7, 11) is -2.03. The number of carbonyl (C=O) groups excluding carboxylic acids is 2. The van der Waals surface area contributed by atoms with E-state index in [9.17, 15) is 18.0 Å². The summed E-state index contributed by atoms with van der Waals surface area (Å²) in [5, 5.41) is 4.26. The highest BCUT2D eigenvalue weighted by molar-refractivity contribution is 7.90. The van der Waals surface area contributed by atoms with Crippen molar-refractivity contribution in [1.29, 1.82) is 0 Å². The van der Waals surface area contributed by atoms with Crippen molar-refractivity contribution >= 4 is 21.8 Å². The smallest absolute Gasteiger partial charge is 0.321 e. The van der Waals surface area contributed by atoms with Gasteiger partial charge in [0, 0.05) is 13.5 Å². The van der Waals surface area contributed by atoms with Crippen molar-refractivity contribution in [1.82, 2.24) is 10.6 Å². The molecule has 1 aromatic rings. The molecule has 0 unspecified atom stereocenters. The van der Waals surface area contributed by atoms with E-state index in [-0.39, 0.29) is 17.9 Å². The van der Waals surface area contributed by atoms with Crippen LogP contribution in [-0.4, -0.2) is 33.2 Å². The van der Waals surface area contributed by atoms with Gasteiger partial charge in [0.25, 0.3) is 0 Å². The molecule has 0 radical (unpaired) electrons. The second-order valence-electron chi connectivity index (χ2n) is 4.90. The van der Waals surface area contributed by atoms with E-state index >= 15 is 0 Å². The Kier molecular flexibility index (Phi) is 5.90. The number of benzene rings is 1. The monoisotopic (exact) mass is 312 g/mol. The molecule has 0 saturated carbocycles.